The molecule has 1 N–H and O–H groups in total. The molecule has 0 spiro atoms. The van der Waals surface area contributed by atoms with Crippen molar-refractivity contribution < 1.29 is 14.5 Å². The number of nitrogens with zero attached hydrogens (tertiary/aromatic N) is 2. The van der Waals surface area contributed by atoms with Gasteiger partial charge in [-0.15, -0.1) is 0 Å². The van der Waals surface area contributed by atoms with E-state index in [0.717, 1.165) is 5.56 Å². The molecule has 1 amide bonds. The fourth-order valence-electron chi connectivity index (χ4n) is 1.80. The van der Waals surface area contributed by atoms with Crippen LogP contribution in [0.25, 0.3) is 6.08 Å². The van der Waals surface area contributed by atoms with Crippen molar-refractivity contribution in [3.63, 3.8) is 0 Å². The molecular formula is C16H14ClN3O4. The van der Waals surface area contributed by atoms with Gasteiger partial charge in [-0.2, -0.15) is 0 Å². The fraction of sp³-hybridized carbons (Fsp3) is 0.125. The number of carbonyl (C=O) groups is 1. The number of alkyl carbamates (subject to hydrolysis) is 1. The van der Waals surface area contributed by atoms with Gasteiger partial charge in [0.2, 0.25) is 0 Å². The molecule has 1 heterocycles. The molecule has 0 saturated carbocycles. The smallest absolute Gasteiger partial charge is 0.407 e. The van der Waals surface area contributed by atoms with Crippen LogP contribution < -0.4 is 5.32 Å². The molecule has 2 rings (SSSR count). The minimum atomic E-state index is -0.581. The van der Waals surface area contributed by atoms with E-state index in [2.05, 4.69) is 10.3 Å². The maximum atomic E-state index is 11.5. The first-order valence-electron chi connectivity index (χ1n) is 6.97. The van der Waals surface area contributed by atoms with Gasteiger partial charge in [-0.25, -0.2) is 9.78 Å². The molecule has 24 heavy (non-hydrogen) atoms. The molecule has 2 aromatic rings. The molecular weight excluding hydrogens is 334 g/mol. The van der Waals surface area contributed by atoms with Crippen LogP contribution in [0.3, 0.4) is 0 Å². The van der Waals surface area contributed by atoms with Gasteiger partial charge in [0.05, 0.1) is 9.95 Å². The van der Waals surface area contributed by atoms with Gasteiger partial charge in [0.25, 0.3) is 5.69 Å². The minimum absolute atomic E-state index is 0.148. The summed E-state index contributed by atoms with van der Waals surface area (Å²) in [6.45, 7) is 0.315. The number of halogens is 1. The van der Waals surface area contributed by atoms with Crippen molar-refractivity contribution in [2.45, 2.75) is 6.61 Å². The van der Waals surface area contributed by atoms with Crippen LogP contribution in [0.2, 0.25) is 5.02 Å². The van der Waals surface area contributed by atoms with Gasteiger partial charge in [0.1, 0.15) is 12.3 Å². The van der Waals surface area contributed by atoms with Crippen molar-refractivity contribution in [3.05, 3.63) is 75.1 Å². The van der Waals surface area contributed by atoms with Gasteiger partial charge < -0.3 is 10.1 Å². The molecule has 0 fully saturated rings. The lowest BCUT2D eigenvalue weighted by molar-refractivity contribution is -0.385. The molecule has 0 unspecified atom stereocenters. The van der Waals surface area contributed by atoms with Crippen molar-refractivity contribution >= 4 is 29.5 Å². The monoisotopic (exact) mass is 347 g/mol. The standard InChI is InChI=1S/C16H14ClN3O4/c17-13-9-15(20(22)23)14(19-10-13)7-4-8-18-16(21)24-11-12-5-2-1-3-6-12/h1-7,9-10H,8,11H2,(H,18,21). The topological polar surface area (TPSA) is 94.4 Å². The number of benzene rings is 1. The zero-order chi connectivity index (χ0) is 17.4. The summed E-state index contributed by atoms with van der Waals surface area (Å²) >= 11 is 5.68. The molecule has 0 saturated heterocycles. The number of ether oxygens (including phenoxy) is 1. The number of carbonyl (C=O) groups excluding carboxylic acids is 1. The van der Waals surface area contributed by atoms with Crippen molar-refractivity contribution in [1.82, 2.24) is 10.3 Å². The lowest BCUT2D eigenvalue weighted by atomic mass is 10.2. The van der Waals surface area contributed by atoms with E-state index in [9.17, 15) is 14.9 Å². The van der Waals surface area contributed by atoms with E-state index in [1.165, 1.54) is 24.4 Å². The predicted molar refractivity (Wildman–Crippen MR) is 89.6 cm³/mol. The Bertz CT molecular complexity index is 750. The van der Waals surface area contributed by atoms with Crippen LogP contribution in [-0.4, -0.2) is 22.5 Å². The van der Waals surface area contributed by atoms with Gasteiger partial charge in [0.15, 0.2) is 0 Å². The van der Waals surface area contributed by atoms with Crippen LogP contribution >= 0.6 is 11.6 Å². The summed E-state index contributed by atoms with van der Waals surface area (Å²) in [5.41, 5.74) is 0.832. The van der Waals surface area contributed by atoms with Gasteiger partial charge in [-0.05, 0) is 11.6 Å². The molecule has 124 valence electrons. The van der Waals surface area contributed by atoms with Crippen LogP contribution in [0.15, 0.2) is 48.7 Å². The summed E-state index contributed by atoms with van der Waals surface area (Å²) in [7, 11) is 0. The number of amides is 1. The first-order valence-corrected chi connectivity index (χ1v) is 7.35. The van der Waals surface area contributed by atoms with Crippen LogP contribution in [0.4, 0.5) is 10.5 Å². The molecule has 0 aliphatic carbocycles. The quantitative estimate of drug-likeness (QED) is 0.636. The molecule has 0 aliphatic rings. The summed E-state index contributed by atoms with van der Waals surface area (Å²) in [6, 6.07) is 10.5. The second-order valence-corrected chi connectivity index (χ2v) is 5.10. The normalized spacial score (nSPS) is 10.5. The van der Waals surface area contributed by atoms with Crippen LogP contribution in [0, 0.1) is 10.1 Å². The van der Waals surface area contributed by atoms with Crippen LogP contribution in [0.5, 0.6) is 0 Å². The van der Waals surface area contributed by atoms with Gasteiger partial charge in [-0.3, -0.25) is 10.1 Å². The Morgan fingerprint density at radius 2 is 2.12 bits per heavy atom. The summed E-state index contributed by atoms with van der Waals surface area (Å²) in [6.07, 6.45) is 3.71. The minimum Gasteiger partial charge on any atom is -0.445 e. The zero-order valence-electron chi connectivity index (χ0n) is 12.5. The average Bonchev–Trinajstić information content (AvgIpc) is 2.58. The van der Waals surface area contributed by atoms with E-state index in [-0.39, 0.29) is 29.6 Å². The summed E-state index contributed by atoms with van der Waals surface area (Å²) in [5.74, 6) is 0. The van der Waals surface area contributed by atoms with E-state index in [1.54, 1.807) is 0 Å². The third-order valence-electron chi connectivity index (χ3n) is 2.91. The van der Waals surface area contributed by atoms with E-state index in [1.807, 2.05) is 30.3 Å². The number of hydrogen-bond donors (Lipinski definition) is 1. The molecule has 0 radical (unpaired) electrons. The Morgan fingerprint density at radius 1 is 1.38 bits per heavy atom. The zero-order valence-corrected chi connectivity index (χ0v) is 13.3. The SMILES string of the molecule is O=C(NCC=Cc1ncc(Cl)cc1[N+](=O)[O-])OCc1ccccc1. The summed E-state index contributed by atoms with van der Waals surface area (Å²) < 4.78 is 5.03. The average molecular weight is 348 g/mol. The van der Waals surface area contributed by atoms with Crippen molar-refractivity contribution in [3.8, 4) is 0 Å². The maximum absolute atomic E-state index is 11.5. The first-order chi connectivity index (χ1) is 11.6. The third kappa shape index (κ3) is 5.36. The first kappa shape index (κ1) is 17.4. The predicted octanol–water partition coefficient (Wildman–Crippen LogP) is 3.58. The number of rotatable bonds is 6. The van der Waals surface area contributed by atoms with Crippen molar-refractivity contribution in [1.29, 1.82) is 0 Å². The third-order valence-corrected chi connectivity index (χ3v) is 3.12. The molecule has 7 nitrogen and oxygen atoms in total. The second-order valence-electron chi connectivity index (χ2n) is 4.66. The molecule has 8 heteroatoms. The molecule has 1 aromatic carbocycles. The van der Waals surface area contributed by atoms with E-state index in [0.29, 0.717) is 0 Å². The highest BCUT2D eigenvalue weighted by molar-refractivity contribution is 6.30. The van der Waals surface area contributed by atoms with E-state index < -0.39 is 11.0 Å². The second kappa shape index (κ2) is 8.64. The number of aromatic nitrogens is 1. The Labute approximate surface area is 143 Å². The van der Waals surface area contributed by atoms with Crippen LogP contribution in [-0.2, 0) is 11.3 Å². The molecule has 0 bridgehead atoms. The molecule has 0 atom stereocenters. The Kier molecular flexibility index (Phi) is 6.27. The van der Waals surface area contributed by atoms with Crippen molar-refractivity contribution in [2.75, 3.05) is 6.54 Å². The lowest BCUT2D eigenvalue weighted by Crippen LogP contribution is -2.24. The number of nitrogens with one attached hydrogen (secondary N) is 1. The van der Waals surface area contributed by atoms with Gasteiger partial charge >= 0.3 is 6.09 Å². The number of nitro groups is 1. The van der Waals surface area contributed by atoms with Gasteiger partial charge in [-0.1, -0.05) is 48.0 Å². The van der Waals surface area contributed by atoms with Crippen molar-refractivity contribution in [2.24, 2.45) is 0 Å². The summed E-state index contributed by atoms with van der Waals surface area (Å²) in [4.78, 5) is 25.8. The highest BCUT2D eigenvalue weighted by Crippen LogP contribution is 2.21. The van der Waals surface area contributed by atoms with Gasteiger partial charge in [0, 0.05) is 18.8 Å². The molecule has 0 aliphatic heterocycles. The Hall–Kier alpha value is -2.93. The van der Waals surface area contributed by atoms with E-state index in [4.69, 9.17) is 16.3 Å². The molecule has 1 aromatic heterocycles. The Balaban J connectivity index is 1.82. The number of hydrogen-bond acceptors (Lipinski definition) is 5. The highest BCUT2D eigenvalue weighted by Gasteiger charge is 2.13. The lowest BCUT2D eigenvalue weighted by Gasteiger charge is -2.05. The van der Waals surface area contributed by atoms with E-state index >= 15 is 0 Å². The Morgan fingerprint density at radius 3 is 2.83 bits per heavy atom. The fourth-order valence-corrected chi connectivity index (χ4v) is 1.95. The highest BCUT2D eigenvalue weighted by atomic mass is 35.5. The largest absolute Gasteiger partial charge is 0.445 e. The maximum Gasteiger partial charge on any atom is 0.407 e. The summed E-state index contributed by atoms with van der Waals surface area (Å²) in [5, 5.41) is 13.6. The number of pyridine rings is 1. The van der Waals surface area contributed by atoms with Crippen LogP contribution in [0.1, 0.15) is 11.3 Å².